The van der Waals surface area contributed by atoms with Crippen LogP contribution < -0.4 is 5.32 Å². The number of rotatable bonds is 3. The summed E-state index contributed by atoms with van der Waals surface area (Å²) in [5, 5.41) is 17.2. The second-order valence-corrected chi connectivity index (χ2v) is 6.58. The molecule has 0 atom stereocenters. The number of hydrogen-bond donors (Lipinski definition) is 2. The highest BCUT2D eigenvalue weighted by atomic mass is 16.3. The molecule has 1 aromatic heterocycles. The van der Waals surface area contributed by atoms with E-state index in [9.17, 15) is 9.90 Å². The molecule has 1 heterocycles. The minimum atomic E-state index is -0.695. The van der Waals surface area contributed by atoms with Crippen molar-refractivity contribution in [1.29, 1.82) is 0 Å². The molecule has 19 heavy (non-hydrogen) atoms. The third-order valence-corrected chi connectivity index (χ3v) is 3.65. The highest BCUT2D eigenvalue weighted by molar-refractivity contribution is 5.95. The molecule has 0 saturated heterocycles. The highest BCUT2D eigenvalue weighted by Crippen LogP contribution is 2.31. The Morgan fingerprint density at radius 1 is 1.53 bits per heavy atom. The first-order valence-corrected chi connectivity index (χ1v) is 6.76. The smallest absolute Gasteiger partial charge is 0.254 e. The second-order valence-electron chi connectivity index (χ2n) is 6.58. The van der Waals surface area contributed by atoms with Crippen molar-refractivity contribution in [2.75, 3.05) is 6.54 Å². The van der Waals surface area contributed by atoms with E-state index in [1.165, 1.54) is 0 Å². The summed E-state index contributed by atoms with van der Waals surface area (Å²) in [5.74, 6) is -0.154. The number of carbonyl (C=O) groups excluding carboxylic acids is 1. The zero-order valence-electron chi connectivity index (χ0n) is 12.2. The first-order valence-electron chi connectivity index (χ1n) is 6.76. The highest BCUT2D eigenvalue weighted by Gasteiger charge is 2.35. The summed E-state index contributed by atoms with van der Waals surface area (Å²) >= 11 is 0. The third kappa shape index (κ3) is 2.97. The van der Waals surface area contributed by atoms with Gasteiger partial charge < -0.3 is 10.4 Å². The quantitative estimate of drug-likeness (QED) is 0.867. The van der Waals surface area contributed by atoms with Crippen LogP contribution >= 0.6 is 0 Å². The van der Waals surface area contributed by atoms with Crippen LogP contribution in [-0.2, 0) is 12.5 Å². The van der Waals surface area contributed by atoms with Crippen LogP contribution in [0.25, 0.3) is 0 Å². The largest absolute Gasteiger partial charge is 0.388 e. The first kappa shape index (κ1) is 14.1. The number of nitrogens with one attached hydrogen (secondary N) is 1. The maximum Gasteiger partial charge on any atom is 0.254 e. The molecule has 2 rings (SSSR count). The minimum absolute atomic E-state index is 0.154. The molecule has 5 heteroatoms. The molecule has 1 aromatic rings. The van der Waals surface area contributed by atoms with Crippen molar-refractivity contribution >= 4 is 5.91 Å². The Morgan fingerprint density at radius 3 is 2.63 bits per heavy atom. The maximum absolute atomic E-state index is 12.2. The number of amides is 1. The molecular weight excluding hydrogens is 242 g/mol. The van der Waals surface area contributed by atoms with Gasteiger partial charge in [-0.25, -0.2) is 0 Å². The summed E-state index contributed by atoms with van der Waals surface area (Å²) in [6.45, 7) is 6.42. The molecule has 1 amide bonds. The molecule has 0 bridgehead atoms. The van der Waals surface area contributed by atoms with E-state index in [-0.39, 0.29) is 11.3 Å². The standard InChI is InChI=1S/C14H23N3O2/c1-13(2,3)11-10(8-17(4)16-11)12(18)15-9-14(19)6-5-7-14/h8,19H,5-7,9H2,1-4H3,(H,15,18). The molecule has 1 saturated carbocycles. The Labute approximate surface area is 114 Å². The van der Waals surface area contributed by atoms with Gasteiger partial charge in [0.1, 0.15) is 0 Å². The minimum Gasteiger partial charge on any atom is -0.388 e. The van der Waals surface area contributed by atoms with Gasteiger partial charge in [-0.1, -0.05) is 20.8 Å². The van der Waals surface area contributed by atoms with E-state index in [2.05, 4.69) is 10.4 Å². The fourth-order valence-electron chi connectivity index (χ4n) is 2.31. The Balaban J connectivity index is 2.10. The molecule has 0 spiro atoms. The van der Waals surface area contributed by atoms with E-state index in [1.807, 2.05) is 27.8 Å². The molecule has 0 aromatic carbocycles. The van der Waals surface area contributed by atoms with Gasteiger partial charge in [0.25, 0.3) is 5.91 Å². The Hall–Kier alpha value is -1.36. The predicted molar refractivity (Wildman–Crippen MR) is 73.0 cm³/mol. The molecule has 0 unspecified atom stereocenters. The Bertz CT molecular complexity index is 481. The lowest BCUT2D eigenvalue weighted by Gasteiger charge is -2.36. The van der Waals surface area contributed by atoms with Gasteiger partial charge in [0, 0.05) is 25.2 Å². The van der Waals surface area contributed by atoms with Crippen molar-refractivity contribution in [2.45, 2.75) is 51.0 Å². The zero-order chi connectivity index (χ0) is 14.3. The average Bonchev–Trinajstić information content (AvgIpc) is 2.65. The maximum atomic E-state index is 12.2. The van der Waals surface area contributed by atoms with E-state index in [0.29, 0.717) is 12.1 Å². The van der Waals surface area contributed by atoms with Crippen LogP contribution in [0.2, 0.25) is 0 Å². The summed E-state index contributed by atoms with van der Waals surface area (Å²) in [7, 11) is 1.81. The van der Waals surface area contributed by atoms with Crippen molar-refractivity contribution in [3.63, 3.8) is 0 Å². The van der Waals surface area contributed by atoms with Crippen LogP contribution in [0.4, 0.5) is 0 Å². The lowest BCUT2D eigenvalue weighted by atomic mass is 9.80. The summed E-state index contributed by atoms with van der Waals surface area (Å²) in [6.07, 6.45) is 4.31. The van der Waals surface area contributed by atoms with Gasteiger partial charge in [0.2, 0.25) is 0 Å². The molecule has 5 nitrogen and oxygen atoms in total. The van der Waals surface area contributed by atoms with Gasteiger partial charge in [-0.2, -0.15) is 5.10 Å². The van der Waals surface area contributed by atoms with Crippen molar-refractivity contribution in [2.24, 2.45) is 7.05 Å². The van der Waals surface area contributed by atoms with E-state index < -0.39 is 5.60 Å². The molecular formula is C14H23N3O2. The van der Waals surface area contributed by atoms with Crippen molar-refractivity contribution in [3.05, 3.63) is 17.5 Å². The average molecular weight is 265 g/mol. The summed E-state index contributed by atoms with van der Waals surface area (Å²) < 4.78 is 1.66. The van der Waals surface area contributed by atoms with Crippen molar-refractivity contribution < 1.29 is 9.90 Å². The molecule has 0 aliphatic heterocycles. The van der Waals surface area contributed by atoms with E-state index >= 15 is 0 Å². The van der Waals surface area contributed by atoms with Gasteiger partial charge in [-0.15, -0.1) is 0 Å². The monoisotopic (exact) mass is 265 g/mol. The summed E-state index contributed by atoms with van der Waals surface area (Å²) in [5.41, 5.74) is 0.507. The van der Waals surface area contributed by atoms with Crippen LogP contribution in [0, 0.1) is 0 Å². The number of aryl methyl sites for hydroxylation is 1. The van der Waals surface area contributed by atoms with E-state index in [0.717, 1.165) is 25.0 Å². The topological polar surface area (TPSA) is 67.2 Å². The third-order valence-electron chi connectivity index (χ3n) is 3.65. The normalized spacial score (nSPS) is 17.9. The number of hydrogen-bond acceptors (Lipinski definition) is 3. The molecule has 0 radical (unpaired) electrons. The molecule has 2 N–H and O–H groups in total. The lowest BCUT2D eigenvalue weighted by molar-refractivity contribution is -0.0300. The van der Waals surface area contributed by atoms with Gasteiger partial charge in [-0.3, -0.25) is 9.48 Å². The van der Waals surface area contributed by atoms with Gasteiger partial charge in [0.15, 0.2) is 0 Å². The summed E-state index contributed by atoms with van der Waals surface area (Å²) in [4.78, 5) is 12.2. The van der Waals surface area contributed by atoms with E-state index in [4.69, 9.17) is 0 Å². The fourth-order valence-corrected chi connectivity index (χ4v) is 2.31. The predicted octanol–water partition coefficient (Wildman–Crippen LogP) is 1.36. The summed E-state index contributed by atoms with van der Waals surface area (Å²) in [6, 6.07) is 0. The number of nitrogens with zero attached hydrogens (tertiary/aromatic N) is 2. The van der Waals surface area contributed by atoms with Crippen molar-refractivity contribution in [3.8, 4) is 0 Å². The fraction of sp³-hybridized carbons (Fsp3) is 0.714. The zero-order valence-corrected chi connectivity index (χ0v) is 12.2. The Morgan fingerprint density at radius 2 is 2.16 bits per heavy atom. The SMILES string of the molecule is Cn1cc(C(=O)NCC2(O)CCC2)c(C(C)(C)C)n1. The number of aliphatic hydroxyl groups is 1. The number of aromatic nitrogens is 2. The van der Waals surface area contributed by atoms with Crippen LogP contribution in [0.1, 0.15) is 56.1 Å². The lowest BCUT2D eigenvalue weighted by Crippen LogP contribution is -2.48. The Kier molecular flexibility index (Phi) is 3.43. The molecule has 106 valence electrons. The molecule has 1 aliphatic rings. The van der Waals surface area contributed by atoms with Crippen LogP contribution in [0.15, 0.2) is 6.20 Å². The van der Waals surface area contributed by atoms with Crippen LogP contribution in [0.5, 0.6) is 0 Å². The first-order chi connectivity index (χ1) is 8.71. The van der Waals surface area contributed by atoms with Crippen molar-refractivity contribution in [1.82, 2.24) is 15.1 Å². The molecule has 1 fully saturated rings. The second kappa shape index (κ2) is 4.63. The number of carbonyl (C=O) groups is 1. The molecule has 1 aliphatic carbocycles. The van der Waals surface area contributed by atoms with Gasteiger partial charge in [0.05, 0.1) is 16.9 Å². The van der Waals surface area contributed by atoms with Crippen LogP contribution in [-0.4, -0.2) is 32.9 Å². The van der Waals surface area contributed by atoms with Gasteiger partial charge in [-0.05, 0) is 19.3 Å². The van der Waals surface area contributed by atoms with Crippen LogP contribution in [0.3, 0.4) is 0 Å². The van der Waals surface area contributed by atoms with E-state index in [1.54, 1.807) is 10.9 Å². The van der Waals surface area contributed by atoms with Gasteiger partial charge >= 0.3 is 0 Å².